The third-order valence-corrected chi connectivity index (χ3v) is 4.81. The van der Waals surface area contributed by atoms with Crippen molar-refractivity contribution in [2.75, 3.05) is 30.2 Å². The van der Waals surface area contributed by atoms with Crippen molar-refractivity contribution in [3.8, 4) is 22.8 Å². The van der Waals surface area contributed by atoms with E-state index in [0.717, 1.165) is 34.4 Å². The maximum absolute atomic E-state index is 12.2. The van der Waals surface area contributed by atoms with E-state index in [4.69, 9.17) is 9.47 Å². The number of nitrogens with zero attached hydrogens (tertiary/aromatic N) is 1. The van der Waals surface area contributed by atoms with Crippen LogP contribution >= 0.6 is 11.8 Å². The molecule has 6 nitrogen and oxygen atoms in total. The zero-order valence-corrected chi connectivity index (χ0v) is 13.8. The first-order chi connectivity index (χ1) is 11.8. The van der Waals surface area contributed by atoms with Gasteiger partial charge in [-0.05, 0) is 30.3 Å². The molecule has 24 heavy (non-hydrogen) atoms. The summed E-state index contributed by atoms with van der Waals surface area (Å²) in [6.45, 7) is 1.12. The van der Waals surface area contributed by atoms with Crippen molar-refractivity contribution < 1.29 is 14.3 Å². The van der Waals surface area contributed by atoms with Crippen molar-refractivity contribution in [1.29, 1.82) is 0 Å². The summed E-state index contributed by atoms with van der Waals surface area (Å²) in [6, 6.07) is 11.2. The first-order valence-corrected chi connectivity index (χ1v) is 8.94. The predicted octanol–water partition coefficient (Wildman–Crippen LogP) is 2.12. The highest BCUT2D eigenvalue weighted by atomic mass is 32.2. The van der Waals surface area contributed by atoms with Crippen LogP contribution in [-0.2, 0) is 4.79 Å². The highest BCUT2D eigenvalue weighted by molar-refractivity contribution is 7.99. The van der Waals surface area contributed by atoms with Gasteiger partial charge in [-0.1, -0.05) is 6.07 Å². The Morgan fingerprint density at radius 3 is 2.92 bits per heavy atom. The highest BCUT2D eigenvalue weighted by Gasteiger charge is 2.22. The quantitative estimate of drug-likeness (QED) is 0.889. The topological polar surface area (TPSA) is 72.5 Å². The Morgan fingerprint density at radius 2 is 2.08 bits per heavy atom. The lowest BCUT2D eigenvalue weighted by Gasteiger charge is -2.18. The third kappa shape index (κ3) is 3.18. The molecule has 0 bridgehead atoms. The minimum atomic E-state index is -0.158. The van der Waals surface area contributed by atoms with E-state index in [1.807, 2.05) is 30.3 Å². The summed E-state index contributed by atoms with van der Waals surface area (Å²) in [5.74, 6) is 3.57. The van der Waals surface area contributed by atoms with E-state index in [9.17, 15) is 4.79 Å². The van der Waals surface area contributed by atoms with Crippen LogP contribution in [0.1, 0.15) is 0 Å². The SMILES string of the molecule is O=C(Nc1cccc(-c2ccc3c(c2)OCCO3)n1)C1CSCN1. The molecule has 1 atom stereocenters. The van der Waals surface area contributed by atoms with Crippen molar-refractivity contribution in [1.82, 2.24) is 10.3 Å². The van der Waals surface area contributed by atoms with Gasteiger partial charge in [0, 0.05) is 17.2 Å². The Balaban J connectivity index is 1.55. The van der Waals surface area contributed by atoms with Crippen LogP contribution in [0.4, 0.5) is 5.82 Å². The lowest BCUT2D eigenvalue weighted by Crippen LogP contribution is -2.37. The van der Waals surface area contributed by atoms with Gasteiger partial charge in [-0.3, -0.25) is 10.1 Å². The number of rotatable bonds is 3. The summed E-state index contributed by atoms with van der Waals surface area (Å²) in [5.41, 5.74) is 1.70. The van der Waals surface area contributed by atoms with Crippen LogP contribution in [0, 0.1) is 0 Å². The van der Waals surface area contributed by atoms with Crippen molar-refractivity contribution in [3.63, 3.8) is 0 Å². The molecular formula is C17H17N3O3S. The molecule has 1 aromatic carbocycles. The number of thioether (sulfide) groups is 1. The van der Waals surface area contributed by atoms with Gasteiger partial charge in [-0.15, -0.1) is 11.8 Å². The second-order valence-electron chi connectivity index (χ2n) is 5.53. The summed E-state index contributed by atoms with van der Waals surface area (Å²) in [7, 11) is 0. The number of benzene rings is 1. The third-order valence-electron chi connectivity index (χ3n) is 3.87. The summed E-state index contributed by atoms with van der Waals surface area (Å²) in [5, 5.41) is 6.02. The average Bonchev–Trinajstić information content (AvgIpc) is 3.16. The molecule has 2 aliphatic rings. The summed E-state index contributed by atoms with van der Waals surface area (Å²) in [4.78, 5) is 16.7. The molecule has 1 fully saturated rings. The molecule has 4 rings (SSSR count). The summed E-state index contributed by atoms with van der Waals surface area (Å²) in [6.07, 6.45) is 0. The Morgan fingerprint density at radius 1 is 1.21 bits per heavy atom. The van der Waals surface area contributed by atoms with Crippen molar-refractivity contribution >= 4 is 23.5 Å². The average molecular weight is 343 g/mol. The lowest BCUT2D eigenvalue weighted by molar-refractivity contribution is -0.117. The van der Waals surface area contributed by atoms with Gasteiger partial charge >= 0.3 is 0 Å². The Kier molecular flexibility index (Phi) is 4.27. The van der Waals surface area contributed by atoms with Crippen LogP contribution in [-0.4, -0.2) is 41.8 Å². The molecular weight excluding hydrogens is 326 g/mol. The van der Waals surface area contributed by atoms with E-state index in [0.29, 0.717) is 19.0 Å². The van der Waals surface area contributed by atoms with Crippen molar-refractivity contribution in [2.24, 2.45) is 0 Å². The van der Waals surface area contributed by atoms with E-state index in [1.54, 1.807) is 17.8 Å². The minimum Gasteiger partial charge on any atom is -0.486 e. The highest BCUT2D eigenvalue weighted by Crippen LogP contribution is 2.34. The Bertz CT molecular complexity index is 762. The van der Waals surface area contributed by atoms with Gasteiger partial charge in [0.2, 0.25) is 5.91 Å². The second kappa shape index (κ2) is 6.70. The van der Waals surface area contributed by atoms with Gasteiger partial charge in [-0.2, -0.15) is 0 Å². The maximum Gasteiger partial charge on any atom is 0.243 e. The van der Waals surface area contributed by atoms with Crippen LogP contribution in [0.5, 0.6) is 11.5 Å². The molecule has 0 saturated carbocycles. The standard InChI is InChI=1S/C17H17N3O3S/c21-17(13-9-24-10-18-13)20-16-3-1-2-12(19-16)11-4-5-14-15(8-11)23-7-6-22-14/h1-5,8,13,18H,6-7,9-10H2,(H,19,20,21). The summed E-state index contributed by atoms with van der Waals surface area (Å²) >= 11 is 1.72. The largest absolute Gasteiger partial charge is 0.486 e. The normalized spacial score (nSPS) is 19.1. The maximum atomic E-state index is 12.2. The fraction of sp³-hybridized carbons (Fsp3) is 0.294. The van der Waals surface area contributed by atoms with Crippen LogP contribution in [0.2, 0.25) is 0 Å². The van der Waals surface area contributed by atoms with Gasteiger partial charge in [-0.25, -0.2) is 4.98 Å². The minimum absolute atomic E-state index is 0.0492. The zero-order valence-electron chi connectivity index (χ0n) is 13.0. The molecule has 7 heteroatoms. The van der Waals surface area contributed by atoms with Gasteiger partial charge in [0.25, 0.3) is 0 Å². The van der Waals surface area contributed by atoms with Crippen LogP contribution in [0.3, 0.4) is 0 Å². The Hall–Kier alpha value is -2.25. The lowest BCUT2D eigenvalue weighted by atomic mass is 10.1. The molecule has 2 aromatic rings. The van der Waals surface area contributed by atoms with E-state index in [-0.39, 0.29) is 11.9 Å². The smallest absolute Gasteiger partial charge is 0.243 e. The summed E-state index contributed by atoms with van der Waals surface area (Å²) < 4.78 is 11.2. The number of pyridine rings is 1. The molecule has 1 saturated heterocycles. The second-order valence-corrected chi connectivity index (χ2v) is 6.56. The number of hydrogen-bond donors (Lipinski definition) is 2. The number of amides is 1. The molecule has 3 heterocycles. The number of carbonyl (C=O) groups excluding carboxylic acids is 1. The molecule has 1 amide bonds. The van der Waals surface area contributed by atoms with Gasteiger partial charge in [0.1, 0.15) is 19.0 Å². The number of ether oxygens (including phenoxy) is 2. The van der Waals surface area contributed by atoms with Crippen molar-refractivity contribution in [3.05, 3.63) is 36.4 Å². The molecule has 2 N–H and O–H groups in total. The first-order valence-electron chi connectivity index (χ1n) is 7.79. The number of aromatic nitrogens is 1. The molecule has 0 spiro atoms. The van der Waals surface area contributed by atoms with Gasteiger partial charge in [0.15, 0.2) is 11.5 Å². The van der Waals surface area contributed by atoms with E-state index in [2.05, 4.69) is 15.6 Å². The van der Waals surface area contributed by atoms with Gasteiger partial charge < -0.3 is 14.8 Å². The van der Waals surface area contributed by atoms with Crippen molar-refractivity contribution in [2.45, 2.75) is 6.04 Å². The molecule has 1 unspecified atom stereocenters. The number of hydrogen-bond acceptors (Lipinski definition) is 6. The zero-order chi connectivity index (χ0) is 16.4. The predicted molar refractivity (Wildman–Crippen MR) is 93.5 cm³/mol. The number of carbonyl (C=O) groups is 1. The molecule has 0 aliphatic carbocycles. The van der Waals surface area contributed by atoms with E-state index in [1.165, 1.54) is 0 Å². The number of fused-ring (bicyclic) bond motifs is 1. The number of nitrogens with one attached hydrogen (secondary N) is 2. The molecule has 1 aromatic heterocycles. The van der Waals surface area contributed by atoms with E-state index >= 15 is 0 Å². The fourth-order valence-corrected chi connectivity index (χ4v) is 3.59. The van der Waals surface area contributed by atoms with E-state index < -0.39 is 0 Å². The van der Waals surface area contributed by atoms with Crippen LogP contribution in [0.25, 0.3) is 11.3 Å². The number of anilines is 1. The Labute approximate surface area is 143 Å². The monoisotopic (exact) mass is 343 g/mol. The first kappa shape index (κ1) is 15.3. The van der Waals surface area contributed by atoms with Gasteiger partial charge in [0.05, 0.1) is 11.7 Å². The molecule has 124 valence electrons. The molecule has 0 radical (unpaired) electrons. The molecule has 2 aliphatic heterocycles. The van der Waals surface area contributed by atoms with Crippen LogP contribution < -0.4 is 20.1 Å². The fourth-order valence-electron chi connectivity index (χ4n) is 2.64. The van der Waals surface area contributed by atoms with Crippen LogP contribution in [0.15, 0.2) is 36.4 Å².